The van der Waals surface area contributed by atoms with Crippen LogP contribution in [0.2, 0.25) is 0 Å². The van der Waals surface area contributed by atoms with Crippen molar-refractivity contribution in [1.29, 1.82) is 0 Å². The second kappa shape index (κ2) is 5.74. The van der Waals surface area contributed by atoms with E-state index in [1.165, 1.54) is 0 Å². The zero-order valence-electron chi connectivity index (χ0n) is 7.76. The van der Waals surface area contributed by atoms with Gasteiger partial charge in [-0.15, -0.1) is 0 Å². The number of nitrogens with one attached hydrogen (secondary N) is 1. The summed E-state index contributed by atoms with van der Waals surface area (Å²) >= 11 is 0. The molecule has 0 aromatic heterocycles. The van der Waals surface area contributed by atoms with E-state index in [4.69, 9.17) is 4.55 Å². The Kier molecular flexibility index (Phi) is 5.36. The van der Waals surface area contributed by atoms with E-state index in [1.54, 1.807) is 6.92 Å². The highest BCUT2D eigenvalue weighted by atomic mass is 32.3. The highest BCUT2D eigenvalue weighted by Gasteiger charge is 2.15. The van der Waals surface area contributed by atoms with Gasteiger partial charge in [0.15, 0.2) is 0 Å². The second-order valence-electron chi connectivity index (χ2n) is 2.50. The van der Waals surface area contributed by atoms with E-state index in [1.807, 2.05) is 0 Å². The first-order valence-corrected chi connectivity index (χ1v) is 5.31. The summed E-state index contributed by atoms with van der Waals surface area (Å²) < 4.78 is 33.2. The molecule has 1 atom stereocenters. The molecule has 0 saturated carbocycles. The average Bonchev–Trinajstić information content (AvgIpc) is 2.09. The van der Waals surface area contributed by atoms with Crippen LogP contribution in [-0.2, 0) is 19.4 Å². The number of amides is 1. The minimum atomic E-state index is -4.47. The SMILES string of the molecule is C=CC(=O)NCC(CC)OS(=O)(=O)O. The van der Waals surface area contributed by atoms with Crippen LogP contribution in [0.4, 0.5) is 0 Å². The molecule has 0 aromatic rings. The van der Waals surface area contributed by atoms with E-state index >= 15 is 0 Å². The second-order valence-corrected chi connectivity index (χ2v) is 3.55. The largest absolute Gasteiger partial charge is 0.397 e. The van der Waals surface area contributed by atoms with Crippen molar-refractivity contribution in [2.75, 3.05) is 6.54 Å². The Morgan fingerprint density at radius 3 is 2.64 bits per heavy atom. The topological polar surface area (TPSA) is 92.7 Å². The van der Waals surface area contributed by atoms with Gasteiger partial charge in [-0.1, -0.05) is 13.5 Å². The van der Waals surface area contributed by atoms with E-state index in [0.29, 0.717) is 6.42 Å². The number of rotatable bonds is 6. The normalized spacial score (nSPS) is 13.3. The van der Waals surface area contributed by atoms with Crippen molar-refractivity contribution in [3.63, 3.8) is 0 Å². The quantitative estimate of drug-likeness (QED) is 0.484. The lowest BCUT2D eigenvalue weighted by atomic mass is 10.3. The number of hydrogen-bond donors (Lipinski definition) is 2. The third kappa shape index (κ3) is 6.58. The lowest BCUT2D eigenvalue weighted by molar-refractivity contribution is -0.116. The van der Waals surface area contributed by atoms with Gasteiger partial charge in [0.25, 0.3) is 0 Å². The maximum Gasteiger partial charge on any atom is 0.397 e. The molecule has 0 aromatic carbocycles. The molecule has 0 bridgehead atoms. The fourth-order valence-electron chi connectivity index (χ4n) is 0.705. The standard InChI is InChI=1S/C7H13NO5S/c1-3-6(13-14(10,11)12)5-8-7(9)4-2/h4,6H,2-3,5H2,1H3,(H,8,9)(H,10,11,12). The summed E-state index contributed by atoms with van der Waals surface area (Å²) in [6, 6.07) is 0. The molecular formula is C7H13NO5S. The first-order chi connectivity index (χ1) is 6.39. The van der Waals surface area contributed by atoms with Crippen LogP contribution >= 0.6 is 0 Å². The van der Waals surface area contributed by atoms with Gasteiger partial charge in [0.2, 0.25) is 5.91 Å². The van der Waals surface area contributed by atoms with Crippen molar-refractivity contribution in [1.82, 2.24) is 5.32 Å². The van der Waals surface area contributed by atoms with Gasteiger partial charge < -0.3 is 5.32 Å². The van der Waals surface area contributed by atoms with Crippen LogP contribution in [0.3, 0.4) is 0 Å². The summed E-state index contributed by atoms with van der Waals surface area (Å²) in [5, 5.41) is 2.35. The van der Waals surface area contributed by atoms with Gasteiger partial charge in [0.1, 0.15) is 0 Å². The molecule has 0 radical (unpaired) electrons. The van der Waals surface area contributed by atoms with Crippen molar-refractivity contribution in [3.8, 4) is 0 Å². The van der Waals surface area contributed by atoms with Crippen LogP contribution in [0.25, 0.3) is 0 Å². The molecule has 0 saturated heterocycles. The molecule has 1 amide bonds. The van der Waals surface area contributed by atoms with E-state index in [9.17, 15) is 13.2 Å². The Balaban J connectivity index is 4.04. The fraction of sp³-hybridized carbons (Fsp3) is 0.571. The highest BCUT2D eigenvalue weighted by molar-refractivity contribution is 7.80. The van der Waals surface area contributed by atoms with Crippen LogP contribution in [0.5, 0.6) is 0 Å². The maximum absolute atomic E-state index is 10.7. The van der Waals surface area contributed by atoms with Gasteiger partial charge in [-0.3, -0.25) is 9.35 Å². The molecule has 0 fully saturated rings. The van der Waals surface area contributed by atoms with Crippen molar-refractivity contribution in [2.45, 2.75) is 19.4 Å². The average molecular weight is 223 g/mol. The minimum absolute atomic E-state index is 0.00113. The molecule has 0 aliphatic heterocycles. The number of carbonyl (C=O) groups is 1. The van der Waals surface area contributed by atoms with Gasteiger partial charge in [-0.05, 0) is 12.5 Å². The van der Waals surface area contributed by atoms with Gasteiger partial charge >= 0.3 is 10.4 Å². The van der Waals surface area contributed by atoms with Gasteiger partial charge in [-0.2, -0.15) is 8.42 Å². The molecule has 0 rings (SSSR count). The van der Waals surface area contributed by atoms with E-state index in [0.717, 1.165) is 6.08 Å². The van der Waals surface area contributed by atoms with Crippen molar-refractivity contribution in [2.24, 2.45) is 0 Å². The van der Waals surface area contributed by atoms with E-state index in [-0.39, 0.29) is 6.54 Å². The molecule has 0 spiro atoms. The molecule has 14 heavy (non-hydrogen) atoms. The molecule has 7 heteroatoms. The molecule has 1 unspecified atom stereocenters. The molecule has 0 aliphatic carbocycles. The first kappa shape index (κ1) is 13.1. The molecule has 82 valence electrons. The predicted octanol–water partition coefficient (Wildman–Crippen LogP) is -0.113. The van der Waals surface area contributed by atoms with Crippen LogP contribution in [0, 0.1) is 0 Å². The van der Waals surface area contributed by atoms with Crippen molar-refractivity contribution >= 4 is 16.3 Å². The number of hydrogen-bond acceptors (Lipinski definition) is 4. The summed E-state index contributed by atoms with van der Waals surface area (Å²) in [6.45, 7) is 4.88. The van der Waals surface area contributed by atoms with E-state index < -0.39 is 22.4 Å². The molecule has 2 N–H and O–H groups in total. The smallest absolute Gasteiger partial charge is 0.350 e. The Bertz CT molecular complexity index is 297. The molecular weight excluding hydrogens is 210 g/mol. The lowest BCUT2D eigenvalue weighted by Crippen LogP contribution is -2.33. The monoisotopic (exact) mass is 223 g/mol. The fourth-order valence-corrected chi connectivity index (χ4v) is 1.25. The summed E-state index contributed by atoms with van der Waals surface area (Å²) in [7, 11) is -4.47. The summed E-state index contributed by atoms with van der Waals surface area (Å²) in [5.41, 5.74) is 0. The highest BCUT2D eigenvalue weighted by Crippen LogP contribution is 2.00. The van der Waals surface area contributed by atoms with Crippen LogP contribution in [-0.4, -0.2) is 31.5 Å². The third-order valence-corrected chi connectivity index (χ3v) is 1.92. The Labute approximate surface area is 82.9 Å². The minimum Gasteiger partial charge on any atom is -0.350 e. The number of carbonyl (C=O) groups excluding carboxylic acids is 1. The van der Waals surface area contributed by atoms with Crippen molar-refractivity contribution < 1.29 is 21.9 Å². The van der Waals surface area contributed by atoms with Crippen LogP contribution in [0.1, 0.15) is 13.3 Å². The Hall–Kier alpha value is -0.920. The Morgan fingerprint density at radius 2 is 2.29 bits per heavy atom. The Morgan fingerprint density at radius 1 is 1.71 bits per heavy atom. The van der Waals surface area contributed by atoms with Crippen LogP contribution in [0.15, 0.2) is 12.7 Å². The zero-order chi connectivity index (χ0) is 11.2. The molecule has 0 aliphatic rings. The lowest BCUT2D eigenvalue weighted by Gasteiger charge is -2.12. The maximum atomic E-state index is 10.7. The molecule has 6 nitrogen and oxygen atoms in total. The third-order valence-electron chi connectivity index (χ3n) is 1.40. The van der Waals surface area contributed by atoms with E-state index in [2.05, 4.69) is 16.1 Å². The van der Waals surface area contributed by atoms with Gasteiger partial charge in [0.05, 0.1) is 6.10 Å². The van der Waals surface area contributed by atoms with Gasteiger partial charge in [-0.25, -0.2) is 4.18 Å². The van der Waals surface area contributed by atoms with Crippen molar-refractivity contribution in [3.05, 3.63) is 12.7 Å². The van der Waals surface area contributed by atoms with Gasteiger partial charge in [0, 0.05) is 6.54 Å². The summed E-state index contributed by atoms with van der Waals surface area (Å²) in [5.74, 6) is -0.428. The summed E-state index contributed by atoms with van der Waals surface area (Å²) in [4.78, 5) is 10.7. The first-order valence-electron chi connectivity index (χ1n) is 3.95. The predicted molar refractivity (Wildman–Crippen MR) is 49.9 cm³/mol. The zero-order valence-corrected chi connectivity index (χ0v) is 8.58. The summed E-state index contributed by atoms with van der Waals surface area (Å²) in [6.07, 6.45) is 0.631. The van der Waals surface area contributed by atoms with Crippen LogP contribution < -0.4 is 5.32 Å². The molecule has 0 heterocycles.